The predicted octanol–water partition coefficient (Wildman–Crippen LogP) is 4.52. The number of ether oxygens (including phenoxy) is 4. The van der Waals surface area contributed by atoms with E-state index in [1.54, 1.807) is 31.0 Å². The molecule has 0 radical (unpaired) electrons. The summed E-state index contributed by atoms with van der Waals surface area (Å²) in [7, 11) is 3.19. The van der Waals surface area contributed by atoms with Crippen LogP contribution in [0, 0.1) is 6.92 Å². The van der Waals surface area contributed by atoms with Crippen LogP contribution in [0.2, 0.25) is 0 Å². The number of aryl methyl sites for hydroxylation is 1. The molecular weight excluding hydrogens is 446 g/mol. The van der Waals surface area contributed by atoms with Crippen LogP contribution in [-0.4, -0.2) is 36.7 Å². The summed E-state index contributed by atoms with van der Waals surface area (Å²) in [5, 5.41) is 7.76. The van der Waals surface area contributed by atoms with Gasteiger partial charge in [0.25, 0.3) is 5.91 Å². The molecule has 178 valence electrons. The molecule has 0 bridgehead atoms. The Labute approximate surface area is 203 Å². The van der Waals surface area contributed by atoms with Gasteiger partial charge < -0.3 is 24.3 Å². The molecule has 1 amide bonds. The zero-order chi connectivity index (χ0) is 24.4. The maximum atomic E-state index is 13.3. The Hall–Kier alpha value is -4.46. The minimum absolute atomic E-state index is 0.207. The van der Waals surface area contributed by atoms with Gasteiger partial charge in [0.15, 0.2) is 11.5 Å². The summed E-state index contributed by atoms with van der Waals surface area (Å²) in [6, 6.07) is 20.7. The summed E-state index contributed by atoms with van der Waals surface area (Å²) < 4.78 is 23.3. The van der Waals surface area contributed by atoms with Gasteiger partial charge in [0.2, 0.25) is 6.79 Å². The Morgan fingerprint density at radius 2 is 1.77 bits per heavy atom. The van der Waals surface area contributed by atoms with Crippen LogP contribution in [0.15, 0.2) is 66.7 Å². The average molecular weight is 472 g/mol. The second kappa shape index (κ2) is 9.42. The molecule has 1 aliphatic heterocycles. The molecule has 3 aromatic carbocycles. The van der Waals surface area contributed by atoms with E-state index in [2.05, 4.69) is 5.32 Å². The maximum absolute atomic E-state index is 13.3. The van der Waals surface area contributed by atoms with Crippen LogP contribution in [0.4, 0.5) is 0 Å². The third kappa shape index (κ3) is 4.50. The fourth-order valence-electron chi connectivity index (χ4n) is 3.89. The Morgan fingerprint density at radius 3 is 2.54 bits per heavy atom. The van der Waals surface area contributed by atoms with E-state index < -0.39 is 0 Å². The molecule has 0 aliphatic carbocycles. The molecule has 8 nitrogen and oxygen atoms in total. The van der Waals surface area contributed by atoms with Crippen LogP contribution in [-0.2, 0) is 6.54 Å². The molecule has 8 heteroatoms. The van der Waals surface area contributed by atoms with E-state index in [-0.39, 0.29) is 12.7 Å². The van der Waals surface area contributed by atoms with Crippen molar-refractivity contribution in [3.63, 3.8) is 0 Å². The van der Waals surface area contributed by atoms with Crippen molar-refractivity contribution in [2.45, 2.75) is 13.5 Å². The Kier molecular flexibility index (Phi) is 6.01. The normalized spacial score (nSPS) is 11.9. The molecule has 4 aromatic rings. The second-order valence-electron chi connectivity index (χ2n) is 8.10. The number of carbonyl (C=O) groups is 1. The quantitative estimate of drug-likeness (QED) is 0.427. The molecule has 35 heavy (non-hydrogen) atoms. The number of amides is 1. The highest BCUT2D eigenvalue weighted by Gasteiger charge is 2.20. The number of rotatable bonds is 7. The lowest BCUT2D eigenvalue weighted by Gasteiger charge is -2.09. The molecule has 2 heterocycles. The second-order valence-corrected chi connectivity index (χ2v) is 8.10. The lowest BCUT2D eigenvalue weighted by atomic mass is 10.1. The fraction of sp³-hybridized carbons (Fsp3) is 0.185. The molecule has 0 unspecified atom stereocenters. The summed E-state index contributed by atoms with van der Waals surface area (Å²) in [5.74, 6) is 2.40. The topological polar surface area (TPSA) is 83.8 Å². The van der Waals surface area contributed by atoms with Crippen molar-refractivity contribution in [3.8, 4) is 39.9 Å². The van der Waals surface area contributed by atoms with E-state index >= 15 is 0 Å². The number of carbonyl (C=O) groups excluding carboxylic acids is 1. The molecule has 0 spiro atoms. The zero-order valence-electron chi connectivity index (χ0n) is 19.7. The van der Waals surface area contributed by atoms with Gasteiger partial charge >= 0.3 is 0 Å². The molecule has 0 atom stereocenters. The van der Waals surface area contributed by atoms with Crippen molar-refractivity contribution in [2.75, 3.05) is 21.0 Å². The highest BCUT2D eigenvalue weighted by atomic mass is 16.7. The van der Waals surface area contributed by atoms with Crippen LogP contribution in [0.5, 0.6) is 23.0 Å². The molecule has 5 rings (SSSR count). The van der Waals surface area contributed by atoms with Crippen LogP contribution < -0.4 is 24.3 Å². The third-order valence-corrected chi connectivity index (χ3v) is 5.80. The number of fused-ring (bicyclic) bond motifs is 1. The Morgan fingerprint density at radius 1 is 0.971 bits per heavy atom. The number of aromatic nitrogens is 2. The number of hydrogen-bond acceptors (Lipinski definition) is 6. The Bertz CT molecular complexity index is 1380. The lowest BCUT2D eigenvalue weighted by molar-refractivity contribution is 0.0943. The van der Waals surface area contributed by atoms with Crippen LogP contribution in [0.3, 0.4) is 0 Å². The first-order valence-corrected chi connectivity index (χ1v) is 11.1. The van der Waals surface area contributed by atoms with E-state index in [0.717, 1.165) is 22.4 Å². The number of methoxy groups -OCH3 is 2. The smallest absolute Gasteiger partial charge is 0.270 e. The number of benzene rings is 3. The highest BCUT2D eigenvalue weighted by molar-refractivity contribution is 5.94. The van der Waals surface area contributed by atoms with E-state index in [1.807, 2.05) is 61.5 Å². The molecule has 1 aliphatic rings. The fourth-order valence-corrected chi connectivity index (χ4v) is 3.89. The van der Waals surface area contributed by atoms with Gasteiger partial charge in [-0.05, 0) is 55.0 Å². The van der Waals surface area contributed by atoms with Gasteiger partial charge in [0.1, 0.15) is 17.2 Å². The largest absolute Gasteiger partial charge is 0.497 e. The van der Waals surface area contributed by atoms with Crippen molar-refractivity contribution >= 4 is 5.91 Å². The SMILES string of the molecule is COc1ccc(-c2cc(C(=O)NCc3ccc4c(c3)OCO4)n(-c3ccc(C)cc3)n2)c(OC)c1. The summed E-state index contributed by atoms with van der Waals surface area (Å²) in [6.45, 7) is 2.55. The van der Waals surface area contributed by atoms with Crippen molar-refractivity contribution in [1.82, 2.24) is 15.1 Å². The summed E-state index contributed by atoms with van der Waals surface area (Å²) in [5.41, 5.74) is 4.57. The monoisotopic (exact) mass is 471 g/mol. The first-order chi connectivity index (χ1) is 17.1. The number of hydrogen-bond donors (Lipinski definition) is 1. The molecule has 0 saturated heterocycles. The minimum atomic E-state index is -0.255. The average Bonchev–Trinajstić information content (AvgIpc) is 3.54. The predicted molar refractivity (Wildman–Crippen MR) is 131 cm³/mol. The zero-order valence-corrected chi connectivity index (χ0v) is 19.7. The molecular formula is C27H25N3O5. The van der Waals surface area contributed by atoms with E-state index in [9.17, 15) is 4.79 Å². The maximum Gasteiger partial charge on any atom is 0.270 e. The third-order valence-electron chi connectivity index (χ3n) is 5.80. The Balaban J connectivity index is 1.48. The number of nitrogens with zero attached hydrogens (tertiary/aromatic N) is 2. The van der Waals surface area contributed by atoms with Gasteiger partial charge in [0.05, 0.1) is 25.6 Å². The van der Waals surface area contributed by atoms with Gasteiger partial charge in [-0.1, -0.05) is 23.8 Å². The number of nitrogens with one attached hydrogen (secondary N) is 1. The molecule has 1 N–H and O–H groups in total. The van der Waals surface area contributed by atoms with Crippen LogP contribution in [0.1, 0.15) is 21.6 Å². The van der Waals surface area contributed by atoms with Gasteiger partial charge in [-0.15, -0.1) is 0 Å². The van der Waals surface area contributed by atoms with Crippen molar-refractivity contribution in [2.24, 2.45) is 0 Å². The molecule has 1 aromatic heterocycles. The molecule has 0 saturated carbocycles. The first-order valence-electron chi connectivity index (χ1n) is 11.1. The van der Waals surface area contributed by atoms with E-state index in [4.69, 9.17) is 24.0 Å². The summed E-state index contributed by atoms with van der Waals surface area (Å²) >= 11 is 0. The van der Waals surface area contributed by atoms with Crippen molar-refractivity contribution in [3.05, 3.63) is 83.6 Å². The lowest BCUT2D eigenvalue weighted by Crippen LogP contribution is -2.25. The van der Waals surface area contributed by atoms with Crippen LogP contribution >= 0.6 is 0 Å². The van der Waals surface area contributed by atoms with Crippen molar-refractivity contribution < 1.29 is 23.7 Å². The van der Waals surface area contributed by atoms with Gasteiger partial charge in [-0.2, -0.15) is 5.10 Å². The van der Waals surface area contributed by atoms with Gasteiger partial charge in [0, 0.05) is 18.2 Å². The van der Waals surface area contributed by atoms with E-state index in [0.29, 0.717) is 40.9 Å². The standard InChI is InChI=1S/C27H25N3O5/c1-17-4-7-19(8-5-17)30-23(14-22(29-30)21-10-9-20(32-2)13-25(21)33-3)27(31)28-15-18-6-11-24-26(12-18)35-16-34-24/h4-14H,15-16H2,1-3H3,(H,28,31). The van der Waals surface area contributed by atoms with Gasteiger partial charge in [-0.3, -0.25) is 4.79 Å². The van der Waals surface area contributed by atoms with Gasteiger partial charge in [-0.25, -0.2) is 4.68 Å². The summed E-state index contributed by atoms with van der Waals surface area (Å²) in [6.07, 6.45) is 0. The minimum Gasteiger partial charge on any atom is -0.497 e. The van der Waals surface area contributed by atoms with Crippen LogP contribution in [0.25, 0.3) is 16.9 Å². The molecule has 0 fully saturated rings. The first kappa shape index (κ1) is 22.3. The highest BCUT2D eigenvalue weighted by Crippen LogP contribution is 2.34. The van der Waals surface area contributed by atoms with Crippen molar-refractivity contribution in [1.29, 1.82) is 0 Å². The van der Waals surface area contributed by atoms with E-state index in [1.165, 1.54) is 0 Å². The summed E-state index contributed by atoms with van der Waals surface area (Å²) in [4.78, 5) is 13.3.